The standard InChI is InChI=1S/C17H20F2N2O3S/c1-4-21-10(2)14(16(22)24-8-7-23-3)15(20-17(21)25)12-6-5-11(18)9-13(12)19/h5-6,9,15H,4,7-8H2,1-3H3,(H,20,25)/t15-/m0/s1. The van der Waals surface area contributed by atoms with Crippen LogP contribution in [0.4, 0.5) is 8.78 Å². The molecule has 5 nitrogen and oxygen atoms in total. The number of esters is 1. The normalized spacial score (nSPS) is 17.6. The fraction of sp³-hybridized carbons (Fsp3) is 0.412. The van der Waals surface area contributed by atoms with Crippen molar-refractivity contribution in [3.8, 4) is 0 Å². The molecule has 0 bridgehead atoms. The highest BCUT2D eigenvalue weighted by Gasteiger charge is 2.35. The minimum absolute atomic E-state index is 0.0707. The van der Waals surface area contributed by atoms with Crippen LogP contribution in [-0.2, 0) is 14.3 Å². The van der Waals surface area contributed by atoms with Crippen molar-refractivity contribution >= 4 is 23.3 Å². The topological polar surface area (TPSA) is 50.8 Å². The third-order valence-electron chi connectivity index (χ3n) is 3.93. The molecule has 0 aliphatic carbocycles. The van der Waals surface area contributed by atoms with E-state index in [0.29, 0.717) is 17.4 Å². The van der Waals surface area contributed by atoms with E-state index in [1.54, 1.807) is 11.8 Å². The molecule has 1 aromatic rings. The predicted molar refractivity (Wildman–Crippen MR) is 92.7 cm³/mol. The van der Waals surface area contributed by atoms with Crippen molar-refractivity contribution < 1.29 is 23.0 Å². The van der Waals surface area contributed by atoms with E-state index < -0.39 is 23.6 Å². The lowest BCUT2D eigenvalue weighted by Gasteiger charge is -2.37. The van der Waals surface area contributed by atoms with Gasteiger partial charge in [0.2, 0.25) is 0 Å². The number of hydrogen-bond donors (Lipinski definition) is 1. The Labute approximate surface area is 150 Å². The van der Waals surface area contributed by atoms with Crippen LogP contribution in [0.25, 0.3) is 0 Å². The van der Waals surface area contributed by atoms with Gasteiger partial charge in [0.05, 0.1) is 18.2 Å². The molecule has 0 saturated heterocycles. The summed E-state index contributed by atoms with van der Waals surface area (Å²) in [6.07, 6.45) is 0. The SMILES string of the molecule is CCN1C(=S)N[C@@H](c2ccc(F)cc2F)C(C(=O)OCCOC)=C1C. The number of rotatable bonds is 6. The smallest absolute Gasteiger partial charge is 0.338 e. The molecule has 1 aliphatic heterocycles. The lowest BCUT2D eigenvalue weighted by Crippen LogP contribution is -2.48. The maximum Gasteiger partial charge on any atom is 0.338 e. The van der Waals surface area contributed by atoms with Crippen molar-refractivity contribution in [3.05, 3.63) is 46.7 Å². The molecule has 0 fully saturated rings. The molecule has 0 aromatic heterocycles. The second-order valence-electron chi connectivity index (χ2n) is 5.42. The summed E-state index contributed by atoms with van der Waals surface area (Å²) in [5.41, 5.74) is 0.928. The van der Waals surface area contributed by atoms with Gasteiger partial charge < -0.3 is 19.7 Å². The van der Waals surface area contributed by atoms with Crippen molar-refractivity contribution in [1.82, 2.24) is 10.2 Å². The van der Waals surface area contributed by atoms with Crippen LogP contribution in [0.15, 0.2) is 29.5 Å². The highest BCUT2D eigenvalue weighted by molar-refractivity contribution is 7.80. The molecule has 0 saturated carbocycles. The van der Waals surface area contributed by atoms with Crippen molar-refractivity contribution in [2.24, 2.45) is 0 Å². The molecule has 2 rings (SSSR count). The number of carbonyl (C=O) groups excluding carboxylic acids is 1. The average Bonchev–Trinajstić information content (AvgIpc) is 2.55. The average molecular weight is 370 g/mol. The molecule has 1 aromatic carbocycles. The molecular weight excluding hydrogens is 350 g/mol. The monoisotopic (exact) mass is 370 g/mol. The first-order chi connectivity index (χ1) is 11.9. The number of hydrogen-bond acceptors (Lipinski definition) is 4. The summed E-state index contributed by atoms with van der Waals surface area (Å²) in [7, 11) is 1.49. The number of ether oxygens (including phenoxy) is 2. The lowest BCUT2D eigenvalue weighted by molar-refractivity contribution is -0.140. The van der Waals surface area contributed by atoms with Gasteiger partial charge in [0.15, 0.2) is 5.11 Å². The predicted octanol–water partition coefficient (Wildman–Crippen LogP) is 2.68. The molecule has 1 atom stereocenters. The second-order valence-corrected chi connectivity index (χ2v) is 5.81. The number of benzene rings is 1. The molecule has 0 spiro atoms. The molecule has 8 heteroatoms. The maximum absolute atomic E-state index is 14.3. The third kappa shape index (κ3) is 4.13. The van der Waals surface area contributed by atoms with Gasteiger partial charge in [0.25, 0.3) is 0 Å². The zero-order valence-corrected chi connectivity index (χ0v) is 15.1. The Morgan fingerprint density at radius 3 is 2.68 bits per heavy atom. The van der Waals surface area contributed by atoms with E-state index in [9.17, 15) is 13.6 Å². The molecule has 1 aliphatic rings. The van der Waals surface area contributed by atoms with Crippen LogP contribution in [0.2, 0.25) is 0 Å². The van der Waals surface area contributed by atoms with E-state index in [0.717, 1.165) is 12.1 Å². The van der Waals surface area contributed by atoms with Crippen LogP contribution in [0.3, 0.4) is 0 Å². The summed E-state index contributed by atoms with van der Waals surface area (Å²) in [4.78, 5) is 14.3. The minimum Gasteiger partial charge on any atom is -0.460 e. The Morgan fingerprint density at radius 2 is 2.08 bits per heavy atom. The van der Waals surface area contributed by atoms with Gasteiger partial charge in [-0.3, -0.25) is 0 Å². The molecule has 1 N–H and O–H groups in total. The molecule has 136 valence electrons. The van der Waals surface area contributed by atoms with Gasteiger partial charge in [-0.05, 0) is 32.1 Å². The fourth-order valence-corrected chi connectivity index (χ4v) is 3.07. The molecule has 0 amide bonds. The summed E-state index contributed by atoms with van der Waals surface area (Å²) < 4.78 is 37.6. The van der Waals surface area contributed by atoms with Gasteiger partial charge in [-0.1, -0.05) is 6.07 Å². The van der Waals surface area contributed by atoms with E-state index in [2.05, 4.69) is 5.32 Å². The largest absolute Gasteiger partial charge is 0.460 e. The lowest BCUT2D eigenvalue weighted by atomic mass is 9.94. The van der Waals surface area contributed by atoms with Crippen LogP contribution in [0.1, 0.15) is 25.5 Å². The van der Waals surface area contributed by atoms with E-state index in [-0.39, 0.29) is 24.4 Å². The summed E-state index contributed by atoms with van der Waals surface area (Å²) in [5, 5.41) is 3.31. The summed E-state index contributed by atoms with van der Waals surface area (Å²) in [6, 6.07) is 2.35. The van der Waals surface area contributed by atoms with E-state index in [4.69, 9.17) is 21.7 Å². The Morgan fingerprint density at radius 1 is 1.36 bits per heavy atom. The Bertz CT molecular complexity index is 709. The van der Waals surface area contributed by atoms with E-state index >= 15 is 0 Å². The number of nitrogens with zero attached hydrogens (tertiary/aromatic N) is 1. The first-order valence-electron chi connectivity index (χ1n) is 7.80. The van der Waals surface area contributed by atoms with Gasteiger partial charge in [0.1, 0.15) is 18.2 Å². The fourth-order valence-electron chi connectivity index (χ4n) is 2.69. The van der Waals surface area contributed by atoms with Gasteiger partial charge in [0, 0.05) is 31.0 Å². The number of allylic oxidation sites excluding steroid dienone is 1. The molecule has 0 radical (unpaired) electrons. The number of nitrogens with one attached hydrogen (secondary N) is 1. The zero-order valence-electron chi connectivity index (χ0n) is 14.3. The molecule has 25 heavy (non-hydrogen) atoms. The Kier molecular flexibility index (Phi) is 6.44. The quantitative estimate of drug-likeness (QED) is 0.472. The van der Waals surface area contributed by atoms with Crippen molar-refractivity contribution in [3.63, 3.8) is 0 Å². The molecule has 0 unspecified atom stereocenters. The third-order valence-corrected chi connectivity index (χ3v) is 4.26. The molecular formula is C17H20F2N2O3S. The Balaban J connectivity index is 2.46. The van der Waals surface area contributed by atoms with E-state index in [1.807, 2.05) is 6.92 Å². The number of halogens is 2. The highest BCUT2D eigenvalue weighted by Crippen LogP contribution is 2.32. The first-order valence-corrected chi connectivity index (χ1v) is 8.21. The van der Waals surface area contributed by atoms with Crippen LogP contribution in [0, 0.1) is 11.6 Å². The van der Waals surface area contributed by atoms with Crippen LogP contribution in [-0.4, -0.2) is 42.8 Å². The number of carbonyl (C=O) groups is 1. The summed E-state index contributed by atoms with van der Waals surface area (Å²) in [5.74, 6) is -2.06. The summed E-state index contributed by atoms with van der Waals surface area (Å²) in [6.45, 7) is 4.45. The van der Waals surface area contributed by atoms with Gasteiger partial charge >= 0.3 is 5.97 Å². The van der Waals surface area contributed by atoms with Gasteiger partial charge in [-0.15, -0.1) is 0 Å². The highest BCUT2D eigenvalue weighted by atomic mass is 32.1. The van der Waals surface area contributed by atoms with E-state index in [1.165, 1.54) is 13.2 Å². The van der Waals surface area contributed by atoms with Crippen molar-refractivity contribution in [1.29, 1.82) is 0 Å². The van der Waals surface area contributed by atoms with Gasteiger partial charge in [-0.25, -0.2) is 13.6 Å². The number of thiocarbonyl (C=S) groups is 1. The number of methoxy groups -OCH3 is 1. The van der Waals surface area contributed by atoms with Crippen LogP contribution < -0.4 is 5.32 Å². The molecule has 1 heterocycles. The van der Waals surface area contributed by atoms with Gasteiger partial charge in [-0.2, -0.15) is 0 Å². The van der Waals surface area contributed by atoms with Crippen molar-refractivity contribution in [2.45, 2.75) is 19.9 Å². The van der Waals surface area contributed by atoms with Crippen LogP contribution >= 0.6 is 12.2 Å². The maximum atomic E-state index is 14.3. The van der Waals surface area contributed by atoms with Crippen LogP contribution in [0.5, 0.6) is 0 Å². The van der Waals surface area contributed by atoms with Crippen molar-refractivity contribution in [2.75, 3.05) is 26.9 Å². The zero-order chi connectivity index (χ0) is 18.6. The second kappa shape index (κ2) is 8.35. The minimum atomic E-state index is -0.856. The summed E-state index contributed by atoms with van der Waals surface area (Å²) >= 11 is 5.31. The Hall–Kier alpha value is -2.06. The first kappa shape index (κ1) is 19.3.